The van der Waals surface area contributed by atoms with Crippen LogP contribution in [0, 0.1) is 6.92 Å². The molecule has 7 nitrogen and oxygen atoms in total. The summed E-state index contributed by atoms with van der Waals surface area (Å²) in [5.74, 6) is 0.412. The molecule has 1 unspecified atom stereocenters. The Kier molecular flexibility index (Phi) is 5.38. The molecule has 0 bridgehead atoms. The Bertz CT molecular complexity index is 958. The lowest BCUT2D eigenvalue weighted by molar-refractivity contribution is -0.126. The quantitative estimate of drug-likeness (QED) is 0.843. The maximum Gasteiger partial charge on any atom is 0.244 e. The molecule has 1 aliphatic heterocycles. The minimum absolute atomic E-state index is 0.0495. The molecule has 144 valence electrons. The number of ether oxygens (including phenoxy) is 2. The van der Waals surface area contributed by atoms with Crippen molar-refractivity contribution < 1.29 is 22.7 Å². The topological polar surface area (TPSA) is 84.9 Å². The number of sulfonamides is 1. The third-order valence-corrected chi connectivity index (χ3v) is 6.47. The third kappa shape index (κ3) is 3.50. The lowest BCUT2D eigenvalue weighted by Gasteiger charge is -2.35. The van der Waals surface area contributed by atoms with Crippen molar-refractivity contribution in [3.63, 3.8) is 0 Å². The molecule has 1 atom stereocenters. The molecule has 2 aromatic rings. The first kappa shape index (κ1) is 19.2. The smallest absolute Gasteiger partial charge is 0.244 e. The minimum atomic E-state index is -3.93. The zero-order valence-corrected chi connectivity index (χ0v) is 16.2. The van der Waals surface area contributed by atoms with Crippen LogP contribution < -0.4 is 14.8 Å². The number of nitrogens with one attached hydrogen (secondary N) is 1. The highest BCUT2D eigenvalue weighted by Gasteiger charge is 2.40. The van der Waals surface area contributed by atoms with Crippen molar-refractivity contribution in [2.45, 2.75) is 17.9 Å². The minimum Gasteiger partial charge on any atom is -0.493 e. The number of amides is 1. The summed E-state index contributed by atoms with van der Waals surface area (Å²) in [4.78, 5) is 12.6. The van der Waals surface area contributed by atoms with E-state index in [0.717, 1.165) is 5.56 Å². The number of methoxy groups -OCH3 is 2. The van der Waals surface area contributed by atoms with Crippen LogP contribution in [0.5, 0.6) is 11.5 Å². The molecule has 2 aromatic carbocycles. The summed E-state index contributed by atoms with van der Waals surface area (Å²) in [6.45, 7) is 2.30. The first-order chi connectivity index (χ1) is 12.9. The van der Waals surface area contributed by atoms with Crippen LogP contribution in [-0.4, -0.2) is 45.9 Å². The van der Waals surface area contributed by atoms with Crippen LogP contribution in [0.15, 0.2) is 47.4 Å². The van der Waals surface area contributed by atoms with Gasteiger partial charge in [0.15, 0.2) is 11.5 Å². The van der Waals surface area contributed by atoms with Crippen molar-refractivity contribution in [2.24, 2.45) is 0 Å². The maximum absolute atomic E-state index is 13.3. The van der Waals surface area contributed by atoms with E-state index >= 15 is 0 Å². The number of hydrogen-bond donors (Lipinski definition) is 1. The lowest BCUT2D eigenvalue weighted by Crippen LogP contribution is -2.52. The summed E-state index contributed by atoms with van der Waals surface area (Å²) in [7, 11) is -1.01. The van der Waals surface area contributed by atoms with Crippen molar-refractivity contribution >= 4 is 15.9 Å². The van der Waals surface area contributed by atoms with Crippen LogP contribution in [0.3, 0.4) is 0 Å². The average molecular weight is 390 g/mol. The van der Waals surface area contributed by atoms with Gasteiger partial charge in [-0.1, -0.05) is 24.3 Å². The molecular formula is C19H22N2O5S. The van der Waals surface area contributed by atoms with Crippen LogP contribution in [0.2, 0.25) is 0 Å². The van der Waals surface area contributed by atoms with E-state index in [-0.39, 0.29) is 23.9 Å². The van der Waals surface area contributed by atoms with Crippen LogP contribution in [0.25, 0.3) is 0 Å². The maximum atomic E-state index is 13.3. The molecule has 0 aromatic heterocycles. The summed E-state index contributed by atoms with van der Waals surface area (Å²) >= 11 is 0. The van der Waals surface area contributed by atoms with Gasteiger partial charge < -0.3 is 14.8 Å². The fraction of sp³-hybridized carbons (Fsp3) is 0.316. The number of aryl methyl sites for hydroxylation is 1. The van der Waals surface area contributed by atoms with Gasteiger partial charge in [-0.25, -0.2) is 8.42 Å². The average Bonchev–Trinajstić information content (AvgIpc) is 2.68. The summed E-state index contributed by atoms with van der Waals surface area (Å²) < 4.78 is 38.3. The van der Waals surface area contributed by atoms with Gasteiger partial charge in [-0.15, -0.1) is 0 Å². The normalized spacial score (nSPS) is 18.0. The predicted octanol–water partition coefficient (Wildman–Crippen LogP) is 1.87. The second kappa shape index (κ2) is 7.58. The molecule has 1 aliphatic rings. The van der Waals surface area contributed by atoms with Gasteiger partial charge in [-0.3, -0.25) is 4.79 Å². The van der Waals surface area contributed by atoms with Crippen LogP contribution in [0.4, 0.5) is 0 Å². The molecule has 0 spiro atoms. The second-order valence-corrected chi connectivity index (χ2v) is 8.07. The molecule has 1 amide bonds. The van der Waals surface area contributed by atoms with E-state index in [9.17, 15) is 13.2 Å². The van der Waals surface area contributed by atoms with Crippen molar-refractivity contribution in [3.05, 3.63) is 53.6 Å². The Morgan fingerprint density at radius 3 is 2.44 bits per heavy atom. The van der Waals surface area contributed by atoms with E-state index < -0.39 is 16.1 Å². The standard InChI is InChI=1S/C19H22N2O5S/c1-13-6-4-5-7-15(13)18-19(22)20-10-11-21(18)27(23,24)14-8-9-16(25-2)17(12-14)26-3/h4-9,12,18H,10-11H2,1-3H3,(H,20,22). The van der Waals surface area contributed by atoms with Crippen LogP contribution in [-0.2, 0) is 14.8 Å². The highest BCUT2D eigenvalue weighted by molar-refractivity contribution is 7.89. The monoisotopic (exact) mass is 390 g/mol. The van der Waals surface area contributed by atoms with Gasteiger partial charge in [-0.05, 0) is 30.2 Å². The van der Waals surface area contributed by atoms with Gasteiger partial charge in [0.25, 0.3) is 0 Å². The fourth-order valence-electron chi connectivity index (χ4n) is 3.21. The SMILES string of the molecule is COc1ccc(S(=O)(=O)N2CCNC(=O)C2c2ccccc2C)cc1OC. The zero-order valence-electron chi connectivity index (χ0n) is 15.4. The number of carbonyl (C=O) groups excluding carboxylic acids is 1. The molecule has 8 heteroatoms. The molecule has 1 fully saturated rings. The molecule has 27 heavy (non-hydrogen) atoms. The van der Waals surface area contributed by atoms with Crippen molar-refractivity contribution in [2.75, 3.05) is 27.3 Å². The molecule has 1 N–H and O–H groups in total. The number of nitrogens with zero attached hydrogens (tertiary/aromatic N) is 1. The van der Waals surface area contributed by atoms with E-state index in [2.05, 4.69) is 5.32 Å². The molecule has 1 heterocycles. The Labute approximate surface area is 158 Å². The summed E-state index contributed by atoms with van der Waals surface area (Å²) in [5.41, 5.74) is 1.52. The number of carbonyl (C=O) groups is 1. The first-order valence-electron chi connectivity index (χ1n) is 8.47. The van der Waals surface area contributed by atoms with Crippen LogP contribution in [0.1, 0.15) is 17.2 Å². The lowest BCUT2D eigenvalue weighted by atomic mass is 9.99. The molecule has 1 saturated heterocycles. The van der Waals surface area contributed by atoms with Crippen molar-refractivity contribution in [3.8, 4) is 11.5 Å². The number of benzene rings is 2. The summed E-state index contributed by atoms with van der Waals surface area (Å²) in [6, 6.07) is 10.8. The van der Waals surface area contributed by atoms with Gasteiger partial charge in [0.2, 0.25) is 15.9 Å². The fourth-order valence-corrected chi connectivity index (χ4v) is 4.79. The highest BCUT2D eigenvalue weighted by atomic mass is 32.2. The van der Waals surface area contributed by atoms with E-state index in [4.69, 9.17) is 9.47 Å². The van der Waals surface area contributed by atoms with Gasteiger partial charge >= 0.3 is 0 Å². The van der Waals surface area contributed by atoms with E-state index in [1.165, 1.54) is 30.7 Å². The van der Waals surface area contributed by atoms with E-state index in [0.29, 0.717) is 17.1 Å². The van der Waals surface area contributed by atoms with Gasteiger partial charge in [0.1, 0.15) is 6.04 Å². The Balaban J connectivity index is 2.08. The van der Waals surface area contributed by atoms with Crippen molar-refractivity contribution in [1.82, 2.24) is 9.62 Å². The van der Waals surface area contributed by atoms with E-state index in [1.54, 1.807) is 18.2 Å². The largest absolute Gasteiger partial charge is 0.493 e. The zero-order chi connectivity index (χ0) is 19.6. The number of hydrogen-bond acceptors (Lipinski definition) is 5. The first-order valence-corrected chi connectivity index (χ1v) is 9.91. The molecule has 0 aliphatic carbocycles. The Hall–Kier alpha value is -2.58. The third-order valence-electron chi connectivity index (χ3n) is 4.61. The molecule has 0 saturated carbocycles. The van der Waals surface area contributed by atoms with E-state index in [1.807, 2.05) is 19.1 Å². The highest BCUT2D eigenvalue weighted by Crippen LogP contribution is 2.35. The summed E-state index contributed by atoms with van der Waals surface area (Å²) in [5, 5.41) is 2.76. The van der Waals surface area contributed by atoms with Crippen LogP contribution >= 0.6 is 0 Å². The van der Waals surface area contributed by atoms with Gasteiger partial charge in [-0.2, -0.15) is 4.31 Å². The second-order valence-electron chi connectivity index (χ2n) is 6.18. The number of piperazine rings is 1. The van der Waals surface area contributed by atoms with Gasteiger partial charge in [0, 0.05) is 19.2 Å². The Morgan fingerprint density at radius 1 is 1.07 bits per heavy atom. The number of rotatable bonds is 5. The molecule has 3 rings (SSSR count). The molecular weight excluding hydrogens is 368 g/mol. The van der Waals surface area contributed by atoms with Crippen molar-refractivity contribution in [1.29, 1.82) is 0 Å². The summed E-state index contributed by atoms with van der Waals surface area (Å²) in [6.07, 6.45) is 0. The van der Waals surface area contributed by atoms with Gasteiger partial charge in [0.05, 0.1) is 19.1 Å². The predicted molar refractivity (Wildman–Crippen MR) is 100 cm³/mol. The molecule has 0 radical (unpaired) electrons. The Morgan fingerprint density at radius 2 is 1.78 bits per heavy atom.